The van der Waals surface area contributed by atoms with Gasteiger partial charge in [-0.05, 0) is 114 Å². The lowest BCUT2D eigenvalue weighted by Crippen LogP contribution is -2.62. The van der Waals surface area contributed by atoms with Gasteiger partial charge in [0.05, 0.1) is 25.7 Å². The topological polar surface area (TPSA) is 549 Å². The van der Waals surface area contributed by atoms with Crippen LogP contribution in [-0.2, 0) is 78.3 Å². The van der Waals surface area contributed by atoms with Crippen molar-refractivity contribution in [1.82, 2.24) is 73.2 Å². The quantitative estimate of drug-likeness (QED) is 0.0236. The first-order valence-corrected chi connectivity index (χ1v) is 37.4. The van der Waals surface area contributed by atoms with Crippen LogP contribution in [0, 0.1) is 11.8 Å². The number of thiol groups is 2. The van der Waals surface area contributed by atoms with E-state index in [1.165, 1.54) is 14.7 Å². The van der Waals surface area contributed by atoms with Crippen molar-refractivity contribution in [3.8, 4) is 0 Å². The third kappa shape index (κ3) is 25.7. The predicted octanol–water partition coefficient (Wildman–Crippen LogP) is -5.45. The molecule has 4 heterocycles. The molecule has 590 valence electrons. The Bertz CT molecular complexity index is 3280. The number of unbranched alkanes of at least 4 members (excludes halogenated alkanes) is 1. The van der Waals surface area contributed by atoms with Gasteiger partial charge in [0.15, 0.2) is 5.96 Å². The highest BCUT2D eigenvalue weighted by Gasteiger charge is 2.47. The van der Waals surface area contributed by atoms with Crippen molar-refractivity contribution in [2.24, 2.45) is 34.0 Å². The van der Waals surface area contributed by atoms with Crippen molar-refractivity contribution in [2.45, 2.75) is 222 Å². The van der Waals surface area contributed by atoms with Gasteiger partial charge < -0.3 is 106 Å². The van der Waals surface area contributed by atoms with Crippen LogP contribution in [0.1, 0.15) is 136 Å². The van der Waals surface area contributed by atoms with Gasteiger partial charge in [0.2, 0.25) is 82.7 Å². The normalized spacial score (nSPS) is 27.8. The Labute approximate surface area is 626 Å². The number of guanidine groups is 1. The maximum absolute atomic E-state index is 14.9. The van der Waals surface area contributed by atoms with E-state index in [1.807, 2.05) is 0 Å². The summed E-state index contributed by atoms with van der Waals surface area (Å²) in [5.41, 5.74) is 17.4. The van der Waals surface area contributed by atoms with E-state index in [-0.39, 0.29) is 114 Å². The van der Waals surface area contributed by atoms with E-state index in [2.05, 4.69) is 88.7 Å². The number of aliphatic imine (C=N–C) groups is 1. The highest BCUT2D eigenvalue weighted by Crippen LogP contribution is 2.28. The van der Waals surface area contributed by atoms with Crippen molar-refractivity contribution < 1.29 is 87.2 Å². The maximum Gasteiger partial charge on any atom is 0.305 e. The summed E-state index contributed by atoms with van der Waals surface area (Å²) in [5.74, 6) is -16.2. The van der Waals surface area contributed by atoms with Crippen molar-refractivity contribution >= 4 is 120 Å². The molecule has 4 fully saturated rings. The molecule has 5 rings (SSSR count). The number of carbonyl (C=O) groups is 15. The van der Waals surface area contributed by atoms with Gasteiger partial charge in [0.1, 0.15) is 78.5 Å². The standard InChI is InChI=1S/C68H108N18O18S2/c1-6-36(3)52-63(100)80-46(35-106)60(97)78-44(31-39-17-9-8-10-18-39)65(102)84-27-14-21-47(84)61(98)77-43(32-51(90)91)55(92)73-33-50(89)74-40(20-13-26-72-68(70)71)56(93)75-42(24-30-105)58(95)83-54(38(5)88)64(101)76-41(19-11-12-25-69)57(94)79-45(34-87)59(96)82-53(37(4)7-2)67(104)86-29-16-23-49(86)66(103)85-28-15-22-48(85)62(99)81-52/h8-10,17-18,36-38,40-49,52-54,87-88,105-106H,6-7,11-16,19-35,69H2,1-5H3,(H,73,92)(H,74,89)(H,75,93)(H,76,101)(H,77,98)(H,78,97)(H,79,94)(H,80,100)(H,81,99)(H,82,96)(H,83,95)(H,90,91)(H4,70,71,72)/t36-,37-,38+,40-,41-,42-,43-,44-,45-,46-,47-,48-,49-,52-,53-,54-/m0/s1. The summed E-state index contributed by atoms with van der Waals surface area (Å²) in [6.45, 7) is 6.31. The second-order valence-corrected chi connectivity index (χ2v) is 28.0. The SMILES string of the molecule is CC[C@H](C)[C@@H]1NC(=O)[C@@H]2CCCN2C(=O)[C@@H]2CCCN2C(=O)[C@H]([C@@H](C)CC)NC(=O)[C@H](CO)NC(=O)[C@H](CCCCN)NC(=O)[C@H]([C@@H](C)O)NC(=O)[C@H](CCS)NC(=O)[C@H](CCCN=C(N)N)NC(=O)CNC(=O)[C@H](CC(=O)O)NC(=O)[C@@H]2CCCN2C(=O)[C@H](Cc2ccccc2)NC(=O)[C@H](CS)NC1=O. The average molecular weight is 1530 g/mol. The molecule has 0 spiro atoms. The molecule has 1 aromatic rings. The summed E-state index contributed by atoms with van der Waals surface area (Å²) in [4.78, 5) is 221. The van der Waals surface area contributed by atoms with Gasteiger partial charge in [0, 0.05) is 38.4 Å². The van der Waals surface area contributed by atoms with Gasteiger partial charge in [-0.25, -0.2) is 0 Å². The molecule has 16 atom stereocenters. The van der Waals surface area contributed by atoms with Gasteiger partial charge in [-0.3, -0.25) is 76.9 Å². The van der Waals surface area contributed by atoms with E-state index in [9.17, 15) is 87.2 Å². The lowest BCUT2D eigenvalue weighted by atomic mass is 9.96. The first-order chi connectivity index (χ1) is 50.4. The molecule has 0 radical (unpaired) electrons. The van der Waals surface area contributed by atoms with E-state index in [4.69, 9.17) is 17.2 Å². The fraction of sp³-hybridized carbons (Fsp3) is 0.676. The van der Waals surface area contributed by atoms with Crippen LogP contribution in [0.25, 0.3) is 0 Å². The molecule has 0 aliphatic carbocycles. The van der Waals surface area contributed by atoms with Crippen molar-refractivity contribution in [3.05, 3.63) is 35.9 Å². The fourth-order valence-electron chi connectivity index (χ4n) is 12.9. The van der Waals surface area contributed by atoms with Gasteiger partial charge in [0.25, 0.3) is 0 Å². The van der Waals surface area contributed by atoms with Crippen LogP contribution in [0.3, 0.4) is 0 Å². The Morgan fingerprint density at radius 1 is 0.528 bits per heavy atom. The molecular weight excluding hydrogens is 1420 g/mol. The Morgan fingerprint density at radius 3 is 1.56 bits per heavy atom. The number of nitrogens with two attached hydrogens (primary N) is 3. The van der Waals surface area contributed by atoms with Crippen LogP contribution >= 0.6 is 25.3 Å². The van der Waals surface area contributed by atoms with E-state index < -0.39 is 205 Å². The van der Waals surface area contributed by atoms with Crippen LogP contribution < -0.4 is 75.7 Å². The second kappa shape index (κ2) is 43.7. The van der Waals surface area contributed by atoms with E-state index >= 15 is 0 Å². The third-order valence-electron chi connectivity index (χ3n) is 19.3. The summed E-state index contributed by atoms with van der Waals surface area (Å²) in [5, 5.41) is 59.4. The van der Waals surface area contributed by atoms with Crippen LogP contribution in [-0.4, -0.2) is 267 Å². The zero-order chi connectivity index (χ0) is 78.5. The molecule has 0 aromatic heterocycles. The largest absolute Gasteiger partial charge is 0.481 e. The van der Waals surface area contributed by atoms with Gasteiger partial charge in [-0.15, -0.1) is 0 Å². The minimum atomic E-state index is -1.87. The molecule has 20 N–H and O–H groups in total. The Hall–Kier alpha value is -8.88. The molecule has 38 heteroatoms. The number of amides is 14. The molecule has 4 saturated heterocycles. The lowest BCUT2D eigenvalue weighted by Gasteiger charge is -2.35. The molecule has 14 amide bonds. The highest BCUT2D eigenvalue weighted by atomic mass is 32.1. The zero-order valence-electron chi connectivity index (χ0n) is 60.7. The molecule has 4 aliphatic rings. The number of benzene rings is 1. The summed E-state index contributed by atoms with van der Waals surface area (Å²) in [6.07, 6.45) is -0.887. The molecule has 36 nitrogen and oxygen atoms in total. The second-order valence-electron chi connectivity index (χ2n) is 27.1. The summed E-state index contributed by atoms with van der Waals surface area (Å²) >= 11 is 8.64. The number of carbonyl (C=O) groups excluding carboxylic acids is 14. The van der Waals surface area contributed by atoms with Gasteiger partial charge in [-0.1, -0.05) is 70.9 Å². The molecule has 1 aromatic carbocycles. The molecule has 0 saturated carbocycles. The first-order valence-electron chi connectivity index (χ1n) is 36.2. The molecule has 0 bridgehead atoms. The van der Waals surface area contributed by atoms with Crippen molar-refractivity contribution in [3.63, 3.8) is 0 Å². The number of hydrogen-bond acceptors (Lipinski definition) is 21. The molecule has 0 unspecified atom stereocenters. The Balaban J connectivity index is 1.54. The van der Waals surface area contributed by atoms with Crippen LogP contribution in [0.4, 0.5) is 0 Å². The number of aliphatic hydroxyl groups excluding tert-OH is 2. The summed E-state index contributed by atoms with van der Waals surface area (Å²) < 4.78 is 0. The van der Waals surface area contributed by atoms with Crippen LogP contribution in [0.15, 0.2) is 35.3 Å². The monoisotopic (exact) mass is 1530 g/mol. The van der Waals surface area contributed by atoms with Crippen LogP contribution in [0.2, 0.25) is 0 Å². The Morgan fingerprint density at radius 2 is 0.991 bits per heavy atom. The third-order valence-corrected chi connectivity index (χ3v) is 19.9. The molecular formula is C68H108N18O18S2. The fourth-order valence-corrected chi connectivity index (χ4v) is 13.4. The van der Waals surface area contributed by atoms with E-state index in [0.717, 1.165) is 6.92 Å². The number of hydrogen-bond donors (Lipinski definition) is 19. The first kappa shape index (κ1) is 87.8. The molecule has 4 aliphatic heterocycles. The zero-order valence-corrected chi connectivity index (χ0v) is 62.5. The maximum atomic E-state index is 14.9. The summed E-state index contributed by atoms with van der Waals surface area (Å²) in [6, 6.07) is -10.6. The highest BCUT2D eigenvalue weighted by molar-refractivity contribution is 7.80. The average Bonchev–Trinajstić information content (AvgIpc) is 1.62. The van der Waals surface area contributed by atoms with Gasteiger partial charge >= 0.3 is 5.97 Å². The number of carboxylic acids is 1. The number of nitrogens with zero attached hydrogens (tertiary/aromatic N) is 4. The molecule has 106 heavy (non-hydrogen) atoms. The predicted molar refractivity (Wildman–Crippen MR) is 392 cm³/mol. The minimum absolute atomic E-state index is 0.0136. The summed E-state index contributed by atoms with van der Waals surface area (Å²) in [7, 11) is 0. The minimum Gasteiger partial charge on any atom is -0.481 e. The number of fused-ring (bicyclic) bond motifs is 3. The lowest BCUT2D eigenvalue weighted by molar-refractivity contribution is -0.149. The smallest absolute Gasteiger partial charge is 0.305 e. The van der Waals surface area contributed by atoms with Crippen LogP contribution in [0.5, 0.6) is 0 Å². The number of rotatable bonds is 21. The number of aliphatic hydroxyl groups is 2. The Kier molecular flexibility index (Phi) is 36.2. The number of carboxylic acid groups (broad SMARTS) is 1. The van der Waals surface area contributed by atoms with Gasteiger partial charge in [-0.2, -0.15) is 25.3 Å². The number of aliphatic carboxylic acids is 1. The van der Waals surface area contributed by atoms with E-state index in [1.54, 1.807) is 58.0 Å². The van der Waals surface area contributed by atoms with Crippen molar-refractivity contribution in [2.75, 3.05) is 57.4 Å². The van der Waals surface area contributed by atoms with E-state index in [0.29, 0.717) is 37.7 Å². The number of nitrogens with one attached hydrogen (secondary N) is 11. The van der Waals surface area contributed by atoms with Crippen molar-refractivity contribution in [1.29, 1.82) is 0 Å².